The van der Waals surface area contributed by atoms with Gasteiger partial charge in [-0.3, -0.25) is 0 Å². The second-order valence-electron chi connectivity index (χ2n) is 2.94. The minimum atomic E-state index is -0.0920. The Kier molecular flexibility index (Phi) is 5.12. The van der Waals surface area contributed by atoms with Crippen molar-refractivity contribution in [2.24, 2.45) is 10.9 Å². The number of allylic oxidation sites excluding steroid dienone is 1. The zero-order chi connectivity index (χ0) is 9.56. The molecular formula is C8H17N3O. The molecule has 0 aliphatic rings. The van der Waals surface area contributed by atoms with E-state index in [1.165, 1.54) is 5.57 Å². The van der Waals surface area contributed by atoms with E-state index in [0.29, 0.717) is 0 Å². The molecule has 0 aromatic carbocycles. The van der Waals surface area contributed by atoms with E-state index in [-0.39, 0.29) is 11.9 Å². The zero-order valence-electron chi connectivity index (χ0n) is 7.83. The first-order valence-electron chi connectivity index (χ1n) is 3.92. The van der Waals surface area contributed by atoms with Crippen LogP contribution in [0.1, 0.15) is 20.8 Å². The van der Waals surface area contributed by atoms with Crippen LogP contribution in [0.3, 0.4) is 0 Å². The van der Waals surface area contributed by atoms with Crippen LogP contribution in [0.15, 0.2) is 16.8 Å². The van der Waals surface area contributed by atoms with E-state index in [1.807, 2.05) is 26.8 Å². The van der Waals surface area contributed by atoms with Gasteiger partial charge in [-0.1, -0.05) is 16.8 Å². The van der Waals surface area contributed by atoms with Crippen molar-refractivity contribution in [2.45, 2.75) is 26.8 Å². The van der Waals surface area contributed by atoms with Crippen molar-refractivity contribution in [3.63, 3.8) is 0 Å². The molecule has 0 bridgehead atoms. The molecule has 12 heavy (non-hydrogen) atoms. The van der Waals surface area contributed by atoms with Gasteiger partial charge in [-0.15, -0.1) is 0 Å². The SMILES string of the molecule is CC(C)=CCNC(C)/C(N)=N/O. The molecule has 70 valence electrons. The molecule has 0 aliphatic heterocycles. The minimum absolute atomic E-state index is 0.0920. The van der Waals surface area contributed by atoms with E-state index in [0.717, 1.165) is 6.54 Å². The van der Waals surface area contributed by atoms with E-state index in [4.69, 9.17) is 10.9 Å². The van der Waals surface area contributed by atoms with Crippen LogP contribution in [0.4, 0.5) is 0 Å². The number of hydrogen-bond acceptors (Lipinski definition) is 3. The topological polar surface area (TPSA) is 70.6 Å². The highest BCUT2D eigenvalue weighted by Crippen LogP contribution is 1.87. The van der Waals surface area contributed by atoms with Crippen molar-refractivity contribution < 1.29 is 5.21 Å². The van der Waals surface area contributed by atoms with Gasteiger partial charge >= 0.3 is 0 Å². The largest absolute Gasteiger partial charge is 0.409 e. The van der Waals surface area contributed by atoms with Crippen molar-refractivity contribution in [1.29, 1.82) is 0 Å². The first-order chi connectivity index (χ1) is 5.57. The fourth-order valence-electron chi connectivity index (χ4n) is 0.631. The van der Waals surface area contributed by atoms with Crippen LogP contribution >= 0.6 is 0 Å². The Morgan fingerprint density at radius 3 is 2.67 bits per heavy atom. The molecule has 0 aromatic rings. The molecule has 0 saturated heterocycles. The predicted octanol–water partition coefficient (Wildman–Crippen LogP) is 0.677. The number of amidine groups is 1. The summed E-state index contributed by atoms with van der Waals surface area (Å²) in [4.78, 5) is 0. The smallest absolute Gasteiger partial charge is 0.156 e. The number of nitrogens with zero attached hydrogens (tertiary/aromatic N) is 1. The first kappa shape index (κ1) is 11.0. The van der Waals surface area contributed by atoms with Gasteiger partial charge in [-0.25, -0.2) is 0 Å². The molecule has 0 spiro atoms. The summed E-state index contributed by atoms with van der Waals surface area (Å²) in [5.74, 6) is 0.206. The lowest BCUT2D eigenvalue weighted by Crippen LogP contribution is -2.39. The molecule has 4 nitrogen and oxygen atoms in total. The normalized spacial score (nSPS) is 14.1. The lowest BCUT2D eigenvalue weighted by molar-refractivity contribution is 0.315. The maximum Gasteiger partial charge on any atom is 0.156 e. The van der Waals surface area contributed by atoms with Crippen molar-refractivity contribution in [2.75, 3.05) is 6.54 Å². The van der Waals surface area contributed by atoms with Gasteiger partial charge < -0.3 is 16.3 Å². The van der Waals surface area contributed by atoms with Gasteiger partial charge in [0, 0.05) is 6.54 Å². The van der Waals surface area contributed by atoms with Gasteiger partial charge in [0.05, 0.1) is 6.04 Å². The molecule has 0 aliphatic carbocycles. The predicted molar refractivity (Wildman–Crippen MR) is 50.3 cm³/mol. The second kappa shape index (κ2) is 5.60. The summed E-state index contributed by atoms with van der Waals surface area (Å²) >= 11 is 0. The van der Waals surface area contributed by atoms with Gasteiger partial charge in [-0.05, 0) is 20.8 Å². The van der Waals surface area contributed by atoms with E-state index in [9.17, 15) is 0 Å². The molecule has 4 N–H and O–H groups in total. The third kappa shape index (κ3) is 4.73. The maximum atomic E-state index is 8.32. The molecule has 1 unspecified atom stereocenters. The van der Waals surface area contributed by atoms with Crippen LogP contribution in [0.2, 0.25) is 0 Å². The number of oxime groups is 1. The number of nitrogens with one attached hydrogen (secondary N) is 1. The Hall–Kier alpha value is -1.03. The summed E-state index contributed by atoms with van der Waals surface area (Å²) in [5.41, 5.74) is 6.59. The average molecular weight is 171 g/mol. The zero-order valence-corrected chi connectivity index (χ0v) is 7.83. The van der Waals surface area contributed by atoms with E-state index >= 15 is 0 Å². The summed E-state index contributed by atoms with van der Waals surface area (Å²) in [6.45, 7) is 6.62. The molecule has 1 atom stereocenters. The lowest BCUT2D eigenvalue weighted by atomic mass is 10.3. The number of nitrogens with two attached hydrogens (primary N) is 1. The molecule has 0 rings (SSSR count). The Bertz CT molecular complexity index is 183. The molecule has 4 heteroatoms. The Labute approximate surface area is 73.1 Å². The van der Waals surface area contributed by atoms with Crippen molar-refractivity contribution in [1.82, 2.24) is 5.32 Å². The van der Waals surface area contributed by atoms with Crippen LogP contribution in [-0.2, 0) is 0 Å². The van der Waals surface area contributed by atoms with Gasteiger partial charge in [0.15, 0.2) is 5.84 Å². The highest BCUT2D eigenvalue weighted by molar-refractivity contribution is 5.84. The maximum absolute atomic E-state index is 8.32. The summed E-state index contributed by atoms with van der Waals surface area (Å²) in [7, 11) is 0. The molecule has 0 saturated carbocycles. The highest BCUT2D eigenvalue weighted by atomic mass is 16.4. The van der Waals surface area contributed by atoms with Crippen LogP contribution < -0.4 is 11.1 Å². The summed E-state index contributed by atoms with van der Waals surface area (Å²) in [5, 5.41) is 14.3. The fourth-order valence-corrected chi connectivity index (χ4v) is 0.631. The van der Waals surface area contributed by atoms with E-state index in [1.54, 1.807) is 0 Å². The molecular weight excluding hydrogens is 154 g/mol. The van der Waals surface area contributed by atoms with Gasteiger partial charge in [0.1, 0.15) is 0 Å². The first-order valence-corrected chi connectivity index (χ1v) is 3.92. The second-order valence-corrected chi connectivity index (χ2v) is 2.94. The summed E-state index contributed by atoms with van der Waals surface area (Å²) < 4.78 is 0. The molecule has 0 heterocycles. The standard InChI is InChI=1S/C8H17N3O/c1-6(2)4-5-10-7(3)8(9)11-12/h4,7,10,12H,5H2,1-3H3,(H2,9,11). The van der Waals surface area contributed by atoms with Crippen LogP contribution in [0, 0.1) is 0 Å². The van der Waals surface area contributed by atoms with Crippen molar-refractivity contribution in [3.05, 3.63) is 11.6 Å². The van der Waals surface area contributed by atoms with E-state index < -0.39 is 0 Å². The van der Waals surface area contributed by atoms with Crippen molar-refractivity contribution >= 4 is 5.84 Å². The Morgan fingerprint density at radius 1 is 1.67 bits per heavy atom. The monoisotopic (exact) mass is 171 g/mol. The van der Waals surface area contributed by atoms with Gasteiger partial charge in [0.2, 0.25) is 0 Å². The van der Waals surface area contributed by atoms with Gasteiger partial charge in [0.25, 0.3) is 0 Å². The van der Waals surface area contributed by atoms with Crippen LogP contribution in [-0.4, -0.2) is 23.6 Å². The highest BCUT2D eigenvalue weighted by Gasteiger charge is 2.03. The Balaban J connectivity index is 3.72. The van der Waals surface area contributed by atoms with E-state index in [2.05, 4.69) is 10.5 Å². The van der Waals surface area contributed by atoms with Crippen molar-refractivity contribution in [3.8, 4) is 0 Å². The minimum Gasteiger partial charge on any atom is -0.409 e. The Morgan fingerprint density at radius 2 is 2.25 bits per heavy atom. The average Bonchev–Trinajstić information content (AvgIpc) is 2.02. The number of hydrogen-bond donors (Lipinski definition) is 3. The van der Waals surface area contributed by atoms with Gasteiger partial charge in [-0.2, -0.15) is 0 Å². The molecule has 0 aromatic heterocycles. The fraction of sp³-hybridized carbons (Fsp3) is 0.625. The quantitative estimate of drug-likeness (QED) is 0.191. The molecule has 0 amide bonds. The summed E-state index contributed by atoms with van der Waals surface area (Å²) in [6.07, 6.45) is 2.04. The van der Waals surface area contributed by atoms with Crippen LogP contribution in [0.5, 0.6) is 0 Å². The number of rotatable bonds is 4. The summed E-state index contributed by atoms with van der Waals surface area (Å²) in [6, 6.07) is -0.0920. The lowest BCUT2D eigenvalue weighted by Gasteiger charge is -2.09. The molecule has 0 fully saturated rings. The third-order valence-corrected chi connectivity index (χ3v) is 1.49. The van der Waals surface area contributed by atoms with Crippen LogP contribution in [0.25, 0.3) is 0 Å². The third-order valence-electron chi connectivity index (χ3n) is 1.49. The molecule has 0 radical (unpaired) electrons.